The predicted octanol–water partition coefficient (Wildman–Crippen LogP) is 2.98. The molecule has 102 valence electrons. The maximum atomic E-state index is 4.29. The molecule has 4 nitrogen and oxygen atoms in total. The number of nitrogens with one attached hydrogen (secondary N) is 1. The number of hydrogen-bond acceptors (Lipinski definition) is 5. The fraction of sp³-hybridized carbons (Fsp3) is 0.846. The molecule has 1 saturated heterocycles. The third kappa shape index (κ3) is 3.42. The van der Waals surface area contributed by atoms with Gasteiger partial charge in [-0.3, -0.25) is 4.90 Å². The molecule has 1 fully saturated rings. The lowest BCUT2D eigenvalue weighted by molar-refractivity contribution is 0.116. The third-order valence-electron chi connectivity index (χ3n) is 3.69. The number of aromatic nitrogens is 2. The highest BCUT2D eigenvalue weighted by Crippen LogP contribution is 2.26. The topological polar surface area (TPSA) is 41.1 Å². The number of nitrogens with zero attached hydrogens (tertiary/aromatic N) is 3. The maximum Gasteiger partial charge on any atom is 0.134 e. The standard InChI is InChI=1S/C13H24N4S/c1-4-7-14-13-12(15-16-18-13)9-17-8-10(2)5-6-11(17)3/h10-11,14H,4-9H2,1-3H3. The Morgan fingerprint density at radius 3 is 3.00 bits per heavy atom. The number of anilines is 1. The second kappa shape index (κ2) is 6.48. The zero-order chi connectivity index (χ0) is 13.0. The van der Waals surface area contributed by atoms with Crippen LogP contribution in [0, 0.1) is 5.92 Å². The van der Waals surface area contributed by atoms with Crippen molar-refractivity contribution in [2.75, 3.05) is 18.4 Å². The van der Waals surface area contributed by atoms with E-state index in [-0.39, 0.29) is 0 Å². The molecule has 2 heterocycles. The molecule has 2 atom stereocenters. The van der Waals surface area contributed by atoms with E-state index in [1.165, 1.54) is 30.9 Å². The first kappa shape index (κ1) is 13.7. The van der Waals surface area contributed by atoms with Gasteiger partial charge < -0.3 is 5.32 Å². The van der Waals surface area contributed by atoms with Gasteiger partial charge >= 0.3 is 0 Å². The Morgan fingerprint density at radius 1 is 1.39 bits per heavy atom. The predicted molar refractivity (Wildman–Crippen MR) is 77.0 cm³/mol. The second-order valence-corrected chi connectivity index (χ2v) is 6.19. The summed E-state index contributed by atoms with van der Waals surface area (Å²) in [6.45, 7) is 9.97. The van der Waals surface area contributed by atoms with Crippen LogP contribution in [0.2, 0.25) is 0 Å². The molecular weight excluding hydrogens is 244 g/mol. The molecule has 1 aliphatic heterocycles. The monoisotopic (exact) mass is 268 g/mol. The van der Waals surface area contributed by atoms with E-state index >= 15 is 0 Å². The van der Waals surface area contributed by atoms with Gasteiger partial charge in [0.25, 0.3) is 0 Å². The van der Waals surface area contributed by atoms with Crippen molar-refractivity contribution in [1.82, 2.24) is 14.5 Å². The van der Waals surface area contributed by atoms with Gasteiger partial charge in [-0.2, -0.15) is 0 Å². The van der Waals surface area contributed by atoms with Crippen molar-refractivity contribution in [2.24, 2.45) is 5.92 Å². The number of hydrogen-bond donors (Lipinski definition) is 1. The highest BCUT2D eigenvalue weighted by Gasteiger charge is 2.24. The molecular formula is C13H24N4S. The largest absolute Gasteiger partial charge is 0.374 e. The number of piperidine rings is 1. The van der Waals surface area contributed by atoms with Gasteiger partial charge in [0.1, 0.15) is 10.7 Å². The Morgan fingerprint density at radius 2 is 2.22 bits per heavy atom. The average molecular weight is 268 g/mol. The van der Waals surface area contributed by atoms with Crippen molar-refractivity contribution in [2.45, 2.75) is 52.6 Å². The lowest BCUT2D eigenvalue weighted by Gasteiger charge is -2.36. The maximum absolute atomic E-state index is 4.29. The van der Waals surface area contributed by atoms with Gasteiger partial charge in [-0.05, 0) is 32.1 Å². The van der Waals surface area contributed by atoms with Crippen LogP contribution >= 0.6 is 11.5 Å². The Bertz CT molecular complexity index is 366. The lowest BCUT2D eigenvalue weighted by Crippen LogP contribution is -2.40. The van der Waals surface area contributed by atoms with Crippen LogP contribution in [0.5, 0.6) is 0 Å². The zero-order valence-electron chi connectivity index (χ0n) is 11.6. The third-order valence-corrected chi connectivity index (χ3v) is 4.42. The quantitative estimate of drug-likeness (QED) is 0.891. The molecule has 0 radical (unpaired) electrons. The zero-order valence-corrected chi connectivity index (χ0v) is 12.5. The summed E-state index contributed by atoms with van der Waals surface area (Å²) in [4.78, 5) is 2.54. The summed E-state index contributed by atoms with van der Waals surface area (Å²) in [6, 6.07) is 0.668. The van der Waals surface area contributed by atoms with Gasteiger partial charge in [0, 0.05) is 37.2 Å². The molecule has 5 heteroatoms. The smallest absolute Gasteiger partial charge is 0.134 e. The first-order chi connectivity index (χ1) is 8.70. The van der Waals surface area contributed by atoms with Gasteiger partial charge in [-0.15, -0.1) is 5.10 Å². The molecule has 18 heavy (non-hydrogen) atoms. The second-order valence-electron chi connectivity index (χ2n) is 5.44. The van der Waals surface area contributed by atoms with Crippen molar-refractivity contribution in [3.05, 3.63) is 5.69 Å². The SMILES string of the molecule is CCCNc1snnc1CN1CC(C)CCC1C. The van der Waals surface area contributed by atoms with E-state index in [9.17, 15) is 0 Å². The van der Waals surface area contributed by atoms with E-state index < -0.39 is 0 Å². The fourth-order valence-electron chi connectivity index (χ4n) is 2.48. The molecule has 0 saturated carbocycles. The van der Waals surface area contributed by atoms with Gasteiger partial charge in [-0.1, -0.05) is 18.3 Å². The van der Waals surface area contributed by atoms with Gasteiger partial charge in [0.15, 0.2) is 0 Å². The van der Waals surface area contributed by atoms with Crippen LogP contribution in [0.3, 0.4) is 0 Å². The minimum absolute atomic E-state index is 0.668. The first-order valence-electron chi connectivity index (χ1n) is 6.99. The van der Waals surface area contributed by atoms with E-state index in [0.717, 1.165) is 36.1 Å². The number of likely N-dealkylation sites (tertiary alicyclic amines) is 1. The van der Waals surface area contributed by atoms with Crippen molar-refractivity contribution in [1.29, 1.82) is 0 Å². The van der Waals surface area contributed by atoms with E-state index in [4.69, 9.17) is 0 Å². The molecule has 0 aliphatic carbocycles. The minimum Gasteiger partial charge on any atom is -0.374 e. The van der Waals surface area contributed by atoms with Crippen molar-refractivity contribution in [3.8, 4) is 0 Å². The molecule has 2 rings (SSSR count). The van der Waals surface area contributed by atoms with Gasteiger partial charge in [0.05, 0.1) is 0 Å². The van der Waals surface area contributed by atoms with Crippen molar-refractivity contribution >= 4 is 16.5 Å². The summed E-state index contributed by atoms with van der Waals surface area (Å²) in [7, 11) is 0. The van der Waals surface area contributed by atoms with Crippen LogP contribution in [0.15, 0.2) is 0 Å². The van der Waals surface area contributed by atoms with E-state index in [1.54, 1.807) is 0 Å². The molecule has 1 aliphatic rings. The normalized spacial score (nSPS) is 25.3. The summed E-state index contributed by atoms with van der Waals surface area (Å²) in [5, 5.41) is 8.87. The summed E-state index contributed by atoms with van der Waals surface area (Å²) in [5.74, 6) is 0.805. The van der Waals surface area contributed by atoms with Crippen LogP contribution in [0.1, 0.15) is 45.7 Å². The van der Waals surface area contributed by atoms with Gasteiger partial charge in [-0.25, -0.2) is 0 Å². The molecule has 2 unspecified atom stereocenters. The highest BCUT2D eigenvalue weighted by molar-refractivity contribution is 7.10. The summed E-state index contributed by atoms with van der Waals surface area (Å²) >= 11 is 1.48. The average Bonchev–Trinajstić information content (AvgIpc) is 2.79. The Labute approximate surface area is 114 Å². The summed E-state index contributed by atoms with van der Waals surface area (Å²) in [6.07, 6.45) is 3.79. The molecule has 1 aromatic rings. The minimum atomic E-state index is 0.668. The molecule has 0 spiro atoms. The van der Waals surface area contributed by atoms with Crippen molar-refractivity contribution in [3.63, 3.8) is 0 Å². The first-order valence-corrected chi connectivity index (χ1v) is 7.77. The molecule has 0 bridgehead atoms. The Kier molecular flexibility index (Phi) is 4.95. The lowest BCUT2D eigenvalue weighted by atomic mass is 9.95. The summed E-state index contributed by atoms with van der Waals surface area (Å²) < 4.78 is 4.09. The Hall–Kier alpha value is -0.680. The van der Waals surface area contributed by atoms with Crippen LogP contribution in [-0.2, 0) is 6.54 Å². The van der Waals surface area contributed by atoms with Crippen molar-refractivity contribution < 1.29 is 0 Å². The van der Waals surface area contributed by atoms with Crippen LogP contribution in [-0.4, -0.2) is 33.6 Å². The molecule has 1 aromatic heterocycles. The van der Waals surface area contributed by atoms with Crippen LogP contribution < -0.4 is 5.32 Å². The van der Waals surface area contributed by atoms with Crippen LogP contribution in [0.4, 0.5) is 5.00 Å². The number of rotatable bonds is 5. The molecule has 1 N–H and O–H groups in total. The van der Waals surface area contributed by atoms with E-state index in [0.29, 0.717) is 6.04 Å². The Balaban J connectivity index is 1.97. The highest BCUT2D eigenvalue weighted by atomic mass is 32.1. The van der Waals surface area contributed by atoms with Gasteiger partial charge in [0.2, 0.25) is 0 Å². The summed E-state index contributed by atoms with van der Waals surface area (Å²) in [5.41, 5.74) is 1.12. The molecule has 0 amide bonds. The van der Waals surface area contributed by atoms with Crippen LogP contribution in [0.25, 0.3) is 0 Å². The van der Waals surface area contributed by atoms with E-state index in [2.05, 4.69) is 40.6 Å². The molecule has 0 aromatic carbocycles. The fourth-order valence-corrected chi connectivity index (χ4v) is 3.08. The van der Waals surface area contributed by atoms with E-state index in [1.807, 2.05) is 0 Å².